The maximum Gasteiger partial charge on any atom is 0.253 e. The molecule has 4 nitrogen and oxygen atoms in total. The van der Waals surface area contributed by atoms with Crippen LogP contribution >= 0.6 is 0 Å². The van der Waals surface area contributed by atoms with Gasteiger partial charge in [0.25, 0.3) is 5.91 Å². The number of carbonyl (C=O) groups excluding carboxylic acids is 1. The van der Waals surface area contributed by atoms with Crippen LogP contribution < -0.4 is 5.73 Å². The van der Waals surface area contributed by atoms with Gasteiger partial charge in [-0.15, -0.1) is 0 Å². The lowest BCUT2D eigenvalue weighted by atomic mass is 9.92. The Bertz CT molecular complexity index is 410. The second-order valence-corrected chi connectivity index (χ2v) is 5.78. The van der Waals surface area contributed by atoms with Gasteiger partial charge in [0.15, 0.2) is 0 Å². The highest BCUT2D eigenvalue weighted by molar-refractivity contribution is 5.94. The largest absolute Gasteiger partial charge is 0.342 e. The third kappa shape index (κ3) is 4.45. The molecule has 0 aliphatic heterocycles. The number of aromatic nitrogens is 1. The van der Waals surface area contributed by atoms with Crippen molar-refractivity contribution >= 4 is 5.91 Å². The zero-order valence-corrected chi connectivity index (χ0v) is 11.7. The highest BCUT2D eigenvalue weighted by atomic mass is 16.2. The van der Waals surface area contributed by atoms with Crippen LogP contribution in [-0.2, 0) is 6.54 Å². The first-order valence-corrected chi connectivity index (χ1v) is 6.24. The quantitative estimate of drug-likeness (QED) is 0.888. The first kappa shape index (κ1) is 14.6. The molecule has 0 saturated heterocycles. The third-order valence-electron chi connectivity index (χ3n) is 2.82. The molecule has 0 aliphatic rings. The van der Waals surface area contributed by atoms with Gasteiger partial charge in [0, 0.05) is 31.9 Å². The van der Waals surface area contributed by atoms with Crippen LogP contribution in [-0.4, -0.2) is 29.4 Å². The third-order valence-corrected chi connectivity index (χ3v) is 2.82. The molecule has 0 spiro atoms. The summed E-state index contributed by atoms with van der Waals surface area (Å²) in [7, 11) is 1.83. The Hall–Kier alpha value is -1.42. The average Bonchev–Trinajstić information content (AvgIpc) is 2.34. The van der Waals surface area contributed by atoms with Crippen molar-refractivity contribution in [1.82, 2.24) is 9.88 Å². The molecule has 0 saturated carbocycles. The van der Waals surface area contributed by atoms with E-state index in [0.29, 0.717) is 12.1 Å². The molecule has 0 bridgehead atoms. The topological polar surface area (TPSA) is 59.2 Å². The summed E-state index contributed by atoms with van der Waals surface area (Å²) in [6.07, 6.45) is 2.61. The van der Waals surface area contributed by atoms with Crippen molar-refractivity contribution in [2.75, 3.05) is 13.6 Å². The molecule has 4 heteroatoms. The lowest BCUT2D eigenvalue weighted by molar-refractivity contribution is 0.0780. The minimum Gasteiger partial charge on any atom is -0.342 e. The van der Waals surface area contributed by atoms with Gasteiger partial charge >= 0.3 is 0 Å². The van der Waals surface area contributed by atoms with Gasteiger partial charge in [-0.3, -0.25) is 9.78 Å². The van der Waals surface area contributed by atoms with Crippen LogP contribution in [0, 0.1) is 5.41 Å². The Morgan fingerprint density at radius 2 is 2.11 bits per heavy atom. The Labute approximate surface area is 109 Å². The molecule has 1 rings (SSSR count). The normalized spacial score (nSPS) is 11.4. The van der Waals surface area contributed by atoms with Crippen LogP contribution in [0.5, 0.6) is 0 Å². The summed E-state index contributed by atoms with van der Waals surface area (Å²) in [6.45, 7) is 7.62. The first-order chi connectivity index (χ1) is 8.33. The molecule has 0 fully saturated rings. The Kier molecular flexibility index (Phi) is 4.84. The SMILES string of the molecule is CN(CCC(C)(C)C)C(=O)c1ccnc(CN)c1. The van der Waals surface area contributed by atoms with E-state index >= 15 is 0 Å². The summed E-state index contributed by atoms with van der Waals surface area (Å²) in [5.41, 5.74) is 7.15. The summed E-state index contributed by atoms with van der Waals surface area (Å²) >= 11 is 0. The van der Waals surface area contributed by atoms with E-state index in [1.165, 1.54) is 0 Å². The van der Waals surface area contributed by atoms with Gasteiger partial charge in [0.05, 0.1) is 5.69 Å². The van der Waals surface area contributed by atoms with E-state index in [1.54, 1.807) is 23.2 Å². The van der Waals surface area contributed by atoms with Gasteiger partial charge < -0.3 is 10.6 Å². The van der Waals surface area contributed by atoms with Crippen molar-refractivity contribution in [3.8, 4) is 0 Å². The lowest BCUT2D eigenvalue weighted by Crippen LogP contribution is -2.30. The van der Waals surface area contributed by atoms with Crippen molar-refractivity contribution in [2.45, 2.75) is 33.7 Å². The monoisotopic (exact) mass is 249 g/mol. The van der Waals surface area contributed by atoms with Crippen molar-refractivity contribution in [1.29, 1.82) is 0 Å². The second kappa shape index (κ2) is 5.96. The average molecular weight is 249 g/mol. The van der Waals surface area contributed by atoms with Crippen LogP contribution in [0.1, 0.15) is 43.2 Å². The standard InChI is InChI=1S/C14H23N3O/c1-14(2,3)6-8-17(4)13(18)11-5-7-16-12(9-11)10-15/h5,7,9H,6,8,10,15H2,1-4H3. The maximum atomic E-state index is 12.2. The fraction of sp³-hybridized carbons (Fsp3) is 0.571. The van der Waals surface area contributed by atoms with Gasteiger partial charge in [-0.05, 0) is 24.0 Å². The van der Waals surface area contributed by atoms with Crippen LogP contribution in [0.15, 0.2) is 18.3 Å². The number of pyridine rings is 1. The number of hydrogen-bond acceptors (Lipinski definition) is 3. The van der Waals surface area contributed by atoms with Crippen LogP contribution in [0.25, 0.3) is 0 Å². The van der Waals surface area contributed by atoms with Gasteiger partial charge in [-0.2, -0.15) is 0 Å². The van der Waals surface area contributed by atoms with Gasteiger partial charge in [-0.1, -0.05) is 20.8 Å². The number of carbonyl (C=O) groups is 1. The van der Waals surface area contributed by atoms with Crippen LogP contribution in [0.2, 0.25) is 0 Å². The van der Waals surface area contributed by atoms with Crippen LogP contribution in [0.3, 0.4) is 0 Å². The van der Waals surface area contributed by atoms with E-state index in [0.717, 1.165) is 18.7 Å². The molecule has 1 amide bonds. The number of nitrogens with two attached hydrogens (primary N) is 1. The zero-order chi connectivity index (χ0) is 13.8. The van der Waals surface area contributed by atoms with Crippen molar-refractivity contribution < 1.29 is 4.79 Å². The van der Waals surface area contributed by atoms with E-state index < -0.39 is 0 Å². The molecule has 0 aromatic carbocycles. The molecule has 1 heterocycles. The molecule has 100 valence electrons. The summed E-state index contributed by atoms with van der Waals surface area (Å²) in [5, 5.41) is 0. The fourth-order valence-electron chi connectivity index (χ4n) is 1.55. The molecule has 2 N–H and O–H groups in total. The van der Waals surface area contributed by atoms with E-state index in [9.17, 15) is 4.79 Å². The minimum absolute atomic E-state index is 0.0244. The molecule has 0 radical (unpaired) electrons. The van der Waals surface area contributed by atoms with Crippen molar-refractivity contribution in [3.05, 3.63) is 29.6 Å². The summed E-state index contributed by atoms with van der Waals surface area (Å²) in [4.78, 5) is 18.0. The minimum atomic E-state index is 0.0244. The summed E-state index contributed by atoms with van der Waals surface area (Å²) < 4.78 is 0. The predicted octanol–water partition coefficient (Wildman–Crippen LogP) is 2.05. The number of rotatable bonds is 4. The maximum absolute atomic E-state index is 12.2. The van der Waals surface area contributed by atoms with Crippen molar-refractivity contribution in [2.24, 2.45) is 11.1 Å². The lowest BCUT2D eigenvalue weighted by Gasteiger charge is -2.23. The molecule has 1 aromatic heterocycles. The Morgan fingerprint density at radius 3 is 2.67 bits per heavy atom. The Morgan fingerprint density at radius 1 is 1.44 bits per heavy atom. The number of nitrogens with zero attached hydrogens (tertiary/aromatic N) is 2. The Balaban J connectivity index is 2.68. The van der Waals surface area contributed by atoms with Gasteiger partial charge in [0.1, 0.15) is 0 Å². The number of amides is 1. The zero-order valence-electron chi connectivity index (χ0n) is 11.7. The highest BCUT2D eigenvalue weighted by Crippen LogP contribution is 2.19. The predicted molar refractivity (Wildman–Crippen MR) is 73.2 cm³/mol. The summed E-state index contributed by atoms with van der Waals surface area (Å²) in [6, 6.07) is 3.49. The summed E-state index contributed by atoms with van der Waals surface area (Å²) in [5.74, 6) is 0.0244. The van der Waals surface area contributed by atoms with E-state index in [1.807, 2.05) is 7.05 Å². The fourth-order valence-corrected chi connectivity index (χ4v) is 1.55. The molecule has 0 atom stereocenters. The first-order valence-electron chi connectivity index (χ1n) is 6.24. The highest BCUT2D eigenvalue weighted by Gasteiger charge is 2.16. The molecular formula is C14H23N3O. The van der Waals surface area contributed by atoms with E-state index in [2.05, 4.69) is 25.8 Å². The second-order valence-electron chi connectivity index (χ2n) is 5.78. The molecule has 1 aromatic rings. The smallest absolute Gasteiger partial charge is 0.253 e. The molecule has 0 aliphatic carbocycles. The van der Waals surface area contributed by atoms with Gasteiger partial charge in [-0.25, -0.2) is 0 Å². The van der Waals surface area contributed by atoms with E-state index in [-0.39, 0.29) is 11.3 Å². The molecule has 18 heavy (non-hydrogen) atoms. The van der Waals surface area contributed by atoms with Crippen LogP contribution in [0.4, 0.5) is 0 Å². The molecular weight excluding hydrogens is 226 g/mol. The van der Waals surface area contributed by atoms with E-state index in [4.69, 9.17) is 5.73 Å². The van der Waals surface area contributed by atoms with Gasteiger partial charge in [0.2, 0.25) is 0 Å². The molecule has 0 unspecified atom stereocenters. The number of hydrogen-bond donors (Lipinski definition) is 1. The van der Waals surface area contributed by atoms with Crippen molar-refractivity contribution in [3.63, 3.8) is 0 Å².